The molecular weight excluding hydrogens is 282 g/mol. The number of carbonyl (C=O) groups excluding carboxylic acids is 2. The molecule has 2 rings (SSSR count). The van der Waals surface area contributed by atoms with Gasteiger partial charge in [-0.2, -0.15) is 0 Å². The molecule has 5 nitrogen and oxygen atoms in total. The molecule has 1 aliphatic rings. The van der Waals surface area contributed by atoms with Crippen molar-refractivity contribution in [1.82, 2.24) is 5.32 Å². The lowest BCUT2D eigenvalue weighted by molar-refractivity contribution is -0.120. The van der Waals surface area contributed by atoms with Crippen molar-refractivity contribution < 1.29 is 19.1 Å². The Morgan fingerprint density at radius 3 is 2.59 bits per heavy atom. The SMILES string of the molecule is COc1ccc(C2=C(CC(C)=O)C(=O)NCCC2)cc1OC. The minimum Gasteiger partial charge on any atom is -0.493 e. The van der Waals surface area contributed by atoms with E-state index in [-0.39, 0.29) is 18.1 Å². The number of methoxy groups -OCH3 is 2. The highest BCUT2D eigenvalue weighted by Crippen LogP contribution is 2.34. The van der Waals surface area contributed by atoms with Crippen LogP contribution >= 0.6 is 0 Å². The fourth-order valence-corrected chi connectivity index (χ4v) is 2.64. The number of amides is 1. The van der Waals surface area contributed by atoms with Gasteiger partial charge in [-0.1, -0.05) is 6.07 Å². The van der Waals surface area contributed by atoms with Crippen LogP contribution in [-0.2, 0) is 9.59 Å². The molecule has 0 aromatic heterocycles. The number of ketones is 1. The summed E-state index contributed by atoms with van der Waals surface area (Å²) in [5.41, 5.74) is 2.36. The maximum atomic E-state index is 12.2. The van der Waals surface area contributed by atoms with E-state index in [0.29, 0.717) is 23.6 Å². The van der Waals surface area contributed by atoms with Gasteiger partial charge in [0, 0.05) is 18.5 Å². The van der Waals surface area contributed by atoms with Gasteiger partial charge in [-0.3, -0.25) is 9.59 Å². The Morgan fingerprint density at radius 2 is 1.95 bits per heavy atom. The second kappa shape index (κ2) is 7.11. The molecule has 0 atom stereocenters. The number of nitrogens with one attached hydrogen (secondary N) is 1. The summed E-state index contributed by atoms with van der Waals surface area (Å²) >= 11 is 0. The number of ether oxygens (including phenoxy) is 2. The number of Topliss-reactive ketones (excluding diaryl/α,β-unsaturated/α-hetero) is 1. The Hall–Kier alpha value is -2.30. The molecule has 0 radical (unpaired) electrons. The van der Waals surface area contributed by atoms with Crippen LogP contribution in [0.15, 0.2) is 23.8 Å². The van der Waals surface area contributed by atoms with Crippen molar-refractivity contribution in [1.29, 1.82) is 0 Å². The lowest BCUT2D eigenvalue weighted by atomic mass is 9.93. The monoisotopic (exact) mass is 303 g/mol. The molecule has 0 bridgehead atoms. The lowest BCUT2D eigenvalue weighted by Crippen LogP contribution is -2.25. The zero-order valence-corrected chi connectivity index (χ0v) is 13.2. The Morgan fingerprint density at radius 1 is 1.23 bits per heavy atom. The van der Waals surface area contributed by atoms with Gasteiger partial charge in [0.05, 0.1) is 14.2 Å². The van der Waals surface area contributed by atoms with E-state index in [4.69, 9.17) is 9.47 Å². The van der Waals surface area contributed by atoms with Gasteiger partial charge < -0.3 is 14.8 Å². The number of hydrogen-bond acceptors (Lipinski definition) is 4. The molecule has 0 unspecified atom stereocenters. The van der Waals surface area contributed by atoms with E-state index in [1.54, 1.807) is 14.2 Å². The van der Waals surface area contributed by atoms with Gasteiger partial charge in [-0.25, -0.2) is 0 Å². The van der Waals surface area contributed by atoms with Gasteiger partial charge in [-0.05, 0) is 43.0 Å². The molecule has 1 aliphatic heterocycles. The zero-order valence-electron chi connectivity index (χ0n) is 13.2. The Bertz CT molecular complexity index is 619. The smallest absolute Gasteiger partial charge is 0.247 e. The van der Waals surface area contributed by atoms with Gasteiger partial charge in [0.1, 0.15) is 5.78 Å². The van der Waals surface area contributed by atoms with Gasteiger partial charge in [0.2, 0.25) is 5.91 Å². The summed E-state index contributed by atoms with van der Waals surface area (Å²) in [6.07, 6.45) is 1.74. The third-order valence-corrected chi connectivity index (χ3v) is 3.69. The largest absolute Gasteiger partial charge is 0.493 e. The summed E-state index contributed by atoms with van der Waals surface area (Å²) in [6.45, 7) is 2.12. The summed E-state index contributed by atoms with van der Waals surface area (Å²) < 4.78 is 10.6. The molecular formula is C17H21NO4. The zero-order chi connectivity index (χ0) is 16.1. The highest BCUT2D eigenvalue weighted by molar-refractivity contribution is 6.05. The highest BCUT2D eigenvalue weighted by Gasteiger charge is 2.21. The van der Waals surface area contributed by atoms with Crippen LogP contribution in [0.2, 0.25) is 0 Å². The van der Waals surface area contributed by atoms with E-state index in [0.717, 1.165) is 24.0 Å². The van der Waals surface area contributed by atoms with Crippen LogP contribution in [-0.4, -0.2) is 32.5 Å². The first-order chi connectivity index (χ1) is 10.6. The van der Waals surface area contributed by atoms with Crippen LogP contribution in [0.1, 0.15) is 31.7 Å². The first-order valence-electron chi connectivity index (χ1n) is 7.29. The number of benzene rings is 1. The molecule has 1 aromatic carbocycles. The lowest BCUT2D eigenvalue weighted by Gasteiger charge is -2.14. The summed E-state index contributed by atoms with van der Waals surface area (Å²) in [5.74, 6) is 1.07. The second-order valence-electron chi connectivity index (χ2n) is 5.27. The van der Waals surface area contributed by atoms with E-state index >= 15 is 0 Å². The van der Waals surface area contributed by atoms with Gasteiger partial charge in [-0.15, -0.1) is 0 Å². The van der Waals surface area contributed by atoms with E-state index in [1.165, 1.54) is 6.92 Å². The number of carbonyl (C=O) groups is 2. The Kier molecular flexibility index (Phi) is 5.20. The van der Waals surface area contributed by atoms with Crippen molar-refractivity contribution in [2.45, 2.75) is 26.2 Å². The second-order valence-corrected chi connectivity index (χ2v) is 5.27. The van der Waals surface area contributed by atoms with E-state index in [2.05, 4.69) is 5.32 Å². The van der Waals surface area contributed by atoms with Crippen molar-refractivity contribution in [3.63, 3.8) is 0 Å². The summed E-state index contributed by atoms with van der Waals surface area (Å²) in [6, 6.07) is 5.57. The quantitative estimate of drug-likeness (QED) is 0.907. The van der Waals surface area contributed by atoms with Crippen LogP contribution < -0.4 is 14.8 Å². The van der Waals surface area contributed by atoms with E-state index < -0.39 is 0 Å². The average Bonchev–Trinajstić information content (AvgIpc) is 2.68. The van der Waals surface area contributed by atoms with Crippen molar-refractivity contribution in [3.8, 4) is 11.5 Å². The maximum Gasteiger partial charge on any atom is 0.247 e. The minimum absolute atomic E-state index is 0.0231. The third kappa shape index (κ3) is 3.47. The third-order valence-electron chi connectivity index (χ3n) is 3.69. The van der Waals surface area contributed by atoms with Gasteiger partial charge in [0.25, 0.3) is 0 Å². The van der Waals surface area contributed by atoms with E-state index in [9.17, 15) is 9.59 Å². The number of hydrogen-bond donors (Lipinski definition) is 1. The van der Waals surface area contributed by atoms with Crippen molar-refractivity contribution in [3.05, 3.63) is 29.3 Å². The number of allylic oxidation sites excluding steroid dienone is 1. The Labute approximate surface area is 130 Å². The molecule has 0 spiro atoms. The molecule has 1 N–H and O–H groups in total. The van der Waals surface area contributed by atoms with Crippen LogP contribution in [0.3, 0.4) is 0 Å². The van der Waals surface area contributed by atoms with Gasteiger partial charge in [0.15, 0.2) is 11.5 Å². The van der Waals surface area contributed by atoms with Crippen molar-refractivity contribution in [2.24, 2.45) is 0 Å². The molecule has 1 heterocycles. The predicted octanol–water partition coefficient (Wildman–Crippen LogP) is 2.35. The predicted molar refractivity (Wildman–Crippen MR) is 84.0 cm³/mol. The first-order valence-corrected chi connectivity index (χ1v) is 7.29. The molecule has 1 amide bonds. The van der Waals surface area contributed by atoms with Crippen LogP contribution in [0.25, 0.3) is 5.57 Å². The first kappa shape index (κ1) is 16.1. The normalized spacial score (nSPS) is 15.1. The molecule has 5 heteroatoms. The van der Waals surface area contributed by atoms with Crippen LogP contribution in [0.4, 0.5) is 0 Å². The molecule has 22 heavy (non-hydrogen) atoms. The molecule has 118 valence electrons. The fourth-order valence-electron chi connectivity index (χ4n) is 2.64. The van der Waals surface area contributed by atoms with Crippen LogP contribution in [0.5, 0.6) is 11.5 Å². The molecule has 0 fully saturated rings. The molecule has 0 saturated heterocycles. The molecule has 1 aromatic rings. The number of rotatable bonds is 5. The standard InChI is InChI=1S/C17H21NO4/c1-11(19)9-14-13(5-4-8-18-17(14)20)12-6-7-15(21-2)16(10-12)22-3/h6-7,10H,4-5,8-9H2,1-3H3,(H,18,20). The summed E-state index contributed by atoms with van der Waals surface area (Å²) in [4.78, 5) is 23.7. The average molecular weight is 303 g/mol. The Balaban J connectivity index is 2.52. The van der Waals surface area contributed by atoms with Crippen LogP contribution in [0, 0.1) is 0 Å². The van der Waals surface area contributed by atoms with Crippen molar-refractivity contribution in [2.75, 3.05) is 20.8 Å². The summed E-state index contributed by atoms with van der Waals surface area (Å²) in [7, 11) is 3.16. The molecule has 0 aliphatic carbocycles. The maximum absolute atomic E-state index is 12.2. The molecule has 0 saturated carbocycles. The minimum atomic E-state index is -0.155. The fraction of sp³-hybridized carbons (Fsp3) is 0.412. The van der Waals surface area contributed by atoms with E-state index in [1.807, 2.05) is 18.2 Å². The summed E-state index contributed by atoms with van der Waals surface area (Å²) in [5, 5.41) is 2.85. The van der Waals surface area contributed by atoms with Crippen molar-refractivity contribution >= 4 is 17.3 Å². The van der Waals surface area contributed by atoms with Gasteiger partial charge >= 0.3 is 0 Å². The topological polar surface area (TPSA) is 64.6 Å². The highest BCUT2D eigenvalue weighted by atomic mass is 16.5.